The zero-order valence-corrected chi connectivity index (χ0v) is 13.0. The second kappa shape index (κ2) is 7.88. The van der Waals surface area contributed by atoms with Gasteiger partial charge in [0.05, 0.1) is 12.7 Å². The van der Waals surface area contributed by atoms with Gasteiger partial charge < -0.3 is 14.8 Å². The SMILES string of the molecule is CNC1CCC(OCCOc2ccc(Br)cc2)CC1. The average molecular weight is 328 g/mol. The smallest absolute Gasteiger partial charge is 0.119 e. The number of halogens is 1. The first-order valence-corrected chi connectivity index (χ1v) is 7.74. The maximum atomic E-state index is 5.86. The fraction of sp³-hybridized carbons (Fsp3) is 0.600. The standard InChI is InChI=1S/C15H22BrNO2/c1-17-13-4-8-15(9-5-13)19-11-10-18-14-6-2-12(16)3-7-14/h2-3,6-7,13,15,17H,4-5,8-11H2,1H3. The van der Waals surface area contributed by atoms with Gasteiger partial charge in [-0.2, -0.15) is 0 Å². The Hall–Kier alpha value is -0.580. The monoisotopic (exact) mass is 327 g/mol. The van der Waals surface area contributed by atoms with E-state index in [1.54, 1.807) is 0 Å². The molecule has 0 aliphatic heterocycles. The van der Waals surface area contributed by atoms with Crippen LogP contribution in [0.1, 0.15) is 25.7 Å². The second-order valence-corrected chi connectivity index (χ2v) is 5.85. The van der Waals surface area contributed by atoms with Crippen molar-refractivity contribution in [3.05, 3.63) is 28.7 Å². The molecule has 1 aromatic carbocycles. The van der Waals surface area contributed by atoms with Gasteiger partial charge in [0.25, 0.3) is 0 Å². The third-order valence-electron chi connectivity index (χ3n) is 3.60. The van der Waals surface area contributed by atoms with Gasteiger partial charge in [-0.3, -0.25) is 0 Å². The van der Waals surface area contributed by atoms with Gasteiger partial charge in [0.1, 0.15) is 12.4 Å². The lowest BCUT2D eigenvalue weighted by atomic mass is 9.93. The topological polar surface area (TPSA) is 30.5 Å². The van der Waals surface area contributed by atoms with Crippen LogP contribution in [0.2, 0.25) is 0 Å². The predicted molar refractivity (Wildman–Crippen MR) is 80.7 cm³/mol. The van der Waals surface area contributed by atoms with E-state index < -0.39 is 0 Å². The van der Waals surface area contributed by atoms with Crippen molar-refractivity contribution in [3.8, 4) is 5.75 Å². The van der Waals surface area contributed by atoms with Crippen LogP contribution in [0.4, 0.5) is 0 Å². The fourth-order valence-corrected chi connectivity index (χ4v) is 2.69. The Morgan fingerprint density at radius 3 is 2.42 bits per heavy atom. The zero-order valence-electron chi connectivity index (χ0n) is 11.4. The number of hydrogen-bond acceptors (Lipinski definition) is 3. The summed E-state index contributed by atoms with van der Waals surface area (Å²) in [5.41, 5.74) is 0. The van der Waals surface area contributed by atoms with Gasteiger partial charge in [0.15, 0.2) is 0 Å². The highest BCUT2D eigenvalue weighted by Gasteiger charge is 2.19. The molecule has 0 amide bonds. The van der Waals surface area contributed by atoms with Crippen LogP contribution in [0.15, 0.2) is 28.7 Å². The van der Waals surface area contributed by atoms with Crippen LogP contribution in [0.3, 0.4) is 0 Å². The van der Waals surface area contributed by atoms with Gasteiger partial charge in [0.2, 0.25) is 0 Å². The number of hydrogen-bond donors (Lipinski definition) is 1. The summed E-state index contributed by atoms with van der Waals surface area (Å²) in [7, 11) is 2.04. The van der Waals surface area contributed by atoms with Gasteiger partial charge >= 0.3 is 0 Å². The Bertz CT molecular complexity index is 361. The average Bonchev–Trinajstić information content (AvgIpc) is 2.46. The van der Waals surface area contributed by atoms with Crippen LogP contribution in [-0.2, 0) is 4.74 Å². The van der Waals surface area contributed by atoms with E-state index in [4.69, 9.17) is 9.47 Å². The van der Waals surface area contributed by atoms with Crippen molar-refractivity contribution in [2.75, 3.05) is 20.3 Å². The molecule has 1 saturated carbocycles. The predicted octanol–water partition coefficient (Wildman–Crippen LogP) is 3.38. The van der Waals surface area contributed by atoms with Gasteiger partial charge in [0, 0.05) is 10.5 Å². The molecular formula is C15H22BrNO2. The maximum absolute atomic E-state index is 5.86. The lowest BCUT2D eigenvalue weighted by Crippen LogP contribution is -2.33. The van der Waals surface area contributed by atoms with Crippen molar-refractivity contribution in [1.29, 1.82) is 0 Å². The van der Waals surface area contributed by atoms with Crippen molar-refractivity contribution < 1.29 is 9.47 Å². The first kappa shape index (κ1) is 14.8. The minimum atomic E-state index is 0.415. The van der Waals surface area contributed by atoms with Crippen LogP contribution in [0.5, 0.6) is 5.75 Å². The van der Waals surface area contributed by atoms with Crippen molar-refractivity contribution in [2.24, 2.45) is 0 Å². The normalized spacial score (nSPS) is 23.3. The molecule has 1 aromatic rings. The molecule has 0 spiro atoms. The summed E-state index contributed by atoms with van der Waals surface area (Å²) >= 11 is 3.40. The van der Waals surface area contributed by atoms with Gasteiger partial charge in [-0.05, 0) is 57.0 Å². The molecule has 19 heavy (non-hydrogen) atoms. The second-order valence-electron chi connectivity index (χ2n) is 4.94. The van der Waals surface area contributed by atoms with E-state index in [-0.39, 0.29) is 0 Å². The van der Waals surface area contributed by atoms with E-state index in [0.717, 1.165) is 23.1 Å². The molecule has 0 aromatic heterocycles. The Kier molecular flexibility index (Phi) is 6.14. The zero-order chi connectivity index (χ0) is 13.5. The molecule has 3 nitrogen and oxygen atoms in total. The molecule has 1 fully saturated rings. The van der Waals surface area contributed by atoms with Crippen LogP contribution in [0.25, 0.3) is 0 Å². The highest BCUT2D eigenvalue weighted by Crippen LogP contribution is 2.21. The molecule has 4 heteroatoms. The summed E-state index contributed by atoms with van der Waals surface area (Å²) in [6, 6.07) is 8.56. The Balaban J connectivity index is 1.58. The maximum Gasteiger partial charge on any atom is 0.119 e. The minimum absolute atomic E-state index is 0.415. The molecule has 0 saturated heterocycles. The summed E-state index contributed by atoms with van der Waals surface area (Å²) in [5, 5.41) is 3.33. The summed E-state index contributed by atoms with van der Waals surface area (Å²) in [6.45, 7) is 1.29. The molecular weight excluding hydrogens is 306 g/mol. The summed E-state index contributed by atoms with van der Waals surface area (Å²) in [4.78, 5) is 0. The summed E-state index contributed by atoms with van der Waals surface area (Å²) in [5.74, 6) is 0.894. The lowest BCUT2D eigenvalue weighted by Gasteiger charge is -2.28. The highest BCUT2D eigenvalue weighted by atomic mass is 79.9. The van der Waals surface area contributed by atoms with Crippen molar-refractivity contribution >= 4 is 15.9 Å². The summed E-state index contributed by atoms with van der Waals surface area (Å²) in [6.07, 6.45) is 5.16. The van der Waals surface area contributed by atoms with Crippen LogP contribution in [0, 0.1) is 0 Å². The molecule has 2 rings (SSSR count). The molecule has 0 bridgehead atoms. The number of nitrogens with one attached hydrogen (secondary N) is 1. The van der Waals surface area contributed by atoms with Crippen LogP contribution < -0.4 is 10.1 Å². The molecule has 106 valence electrons. The highest BCUT2D eigenvalue weighted by molar-refractivity contribution is 9.10. The van der Waals surface area contributed by atoms with E-state index >= 15 is 0 Å². The lowest BCUT2D eigenvalue weighted by molar-refractivity contribution is 0.00847. The van der Waals surface area contributed by atoms with Crippen molar-refractivity contribution in [3.63, 3.8) is 0 Å². The largest absolute Gasteiger partial charge is 0.491 e. The molecule has 0 unspecified atom stereocenters. The third-order valence-corrected chi connectivity index (χ3v) is 4.13. The third kappa shape index (κ3) is 5.13. The number of benzene rings is 1. The molecule has 1 N–H and O–H groups in total. The Labute approximate surface area is 123 Å². The van der Waals surface area contributed by atoms with Crippen molar-refractivity contribution in [2.45, 2.75) is 37.8 Å². The van der Waals surface area contributed by atoms with Crippen molar-refractivity contribution in [1.82, 2.24) is 5.32 Å². The number of rotatable bonds is 6. The Morgan fingerprint density at radius 1 is 1.11 bits per heavy atom. The Morgan fingerprint density at radius 2 is 1.79 bits per heavy atom. The first-order chi connectivity index (χ1) is 9.28. The molecule has 0 heterocycles. The van der Waals surface area contributed by atoms with Crippen LogP contribution >= 0.6 is 15.9 Å². The molecule has 0 radical (unpaired) electrons. The van der Waals surface area contributed by atoms with Gasteiger partial charge in [-0.25, -0.2) is 0 Å². The molecule has 1 aliphatic carbocycles. The fourth-order valence-electron chi connectivity index (χ4n) is 2.42. The molecule has 1 aliphatic rings. The van der Waals surface area contributed by atoms with Gasteiger partial charge in [-0.1, -0.05) is 15.9 Å². The number of ether oxygens (including phenoxy) is 2. The van der Waals surface area contributed by atoms with E-state index in [1.807, 2.05) is 31.3 Å². The first-order valence-electron chi connectivity index (χ1n) is 6.95. The van der Waals surface area contributed by atoms with E-state index in [2.05, 4.69) is 21.2 Å². The molecule has 0 atom stereocenters. The quantitative estimate of drug-likeness (QED) is 0.812. The van der Waals surface area contributed by atoms with E-state index in [1.165, 1.54) is 12.8 Å². The van der Waals surface area contributed by atoms with Crippen LogP contribution in [-0.4, -0.2) is 32.4 Å². The minimum Gasteiger partial charge on any atom is -0.491 e. The van der Waals surface area contributed by atoms with E-state index in [0.29, 0.717) is 25.4 Å². The van der Waals surface area contributed by atoms with Gasteiger partial charge in [-0.15, -0.1) is 0 Å². The summed E-state index contributed by atoms with van der Waals surface area (Å²) < 4.78 is 12.6. The van der Waals surface area contributed by atoms with E-state index in [9.17, 15) is 0 Å².